The van der Waals surface area contributed by atoms with Gasteiger partial charge in [-0.05, 0) is 34.1 Å². The Morgan fingerprint density at radius 3 is 2.84 bits per heavy atom. The van der Waals surface area contributed by atoms with Crippen molar-refractivity contribution >= 4 is 21.8 Å². The Hall–Kier alpha value is -1.53. The first-order valence-electron chi connectivity index (χ1n) is 5.75. The summed E-state index contributed by atoms with van der Waals surface area (Å²) in [6.07, 6.45) is 3.20. The summed E-state index contributed by atoms with van der Waals surface area (Å²) in [6, 6.07) is 5.16. The van der Waals surface area contributed by atoms with Crippen molar-refractivity contribution in [1.82, 2.24) is 4.90 Å². The molecule has 0 aromatic carbocycles. The molecule has 2 aromatic rings. The third-order valence-electron chi connectivity index (χ3n) is 2.59. The monoisotopic (exact) mass is 327 g/mol. The van der Waals surface area contributed by atoms with Gasteiger partial charge in [-0.1, -0.05) is 0 Å². The van der Waals surface area contributed by atoms with E-state index in [1.807, 2.05) is 6.07 Å². The van der Waals surface area contributed by atoms with Crippen molar-refractivity contribution in [3.05, 3.63) is 46.7 Å². The highest BCUT2D eigenvalue weighted by molar-refractivity contribution is 9.10. The summed E-state index contributed by atoms with van der Waals surface area (Å²) in [5.74, 6) is 0.121. The lowest BCUT2D eigenvalue weighted by molar-refractivity contribution is 0.0647. The van der Waals surface area contributed by atoms with E-state index >= 15 is 0 Å². The zero-order valence-corrected chi connectivity index (χ0v) is 12.1. The van der Waals surface area contributed by atoms with Crippen molar-refractivity contribution < 1.29 is 18.4 Å². The van der Waals surface area contributed by atoms with Gasteiger partial charge in [0.05, 0.1) is 19.1 Å². The predicted molar refractivity (Wildman–Crippen MR) is 71.7 cm³/mol. The maximum atomic E-state index is 12.3. The van der Waals surface area contributed by atoms with Gasteiger partial charge in [-0.25, -0.2) is 0 Å². The van der Waals surface area contributed by atoms with Gasteiger partial charge in [0.1, 0.15) is 0 Å². The number of methoxy groups -OCH3 is 1. The highest BCUT2D eigenvalue weighted by atomic mass is 79.9. The number of hydrogen-bond donors (Lipinski definition) is 0. The number of furan rings is 2. The van der Waals surface area contributed by atoms with Crippen LogP contribution in [0.4, 0.5) is 0 Å². The molecular weight excluding hydrogens is 314 g/mol. The Morgan fingerprint density at radius 2 is 2.26 bits per heavy atom. The lowest BCUT2D eigenvalue weighted by Crippen LogP contribution is -2.33. The molecule has 0 atom stereocenters. The van der Waals surface area contributed by atoms with Crippen LogP contribution in [0, 0.1) is 0 Å². The molecule has 19 heavy (non-hydrogen) atoms. The first kappa shape index (κ1) is 13.9. The van der Waals surface area contributed by atoms with Gasteiger partial charge in [0.15, 0.2) is 10.4 Å². The summed E-state index contributed by atoms with van der Waals surface area (Å²) >= 11 is 3.19. The molecule has 0 aliphatic heterocycles. The summed E-state index contributed by atoms with van der Waals surface area (Å²) in [4.78, 5) is 14.0. The summed E-state index contributed by atoms with van der Waals surface area (Å²) in [5, 5.41) is 0. The minimum atomic E-state index is -0.177. The third-order valence-corrected chi connectivity index (χ3v) is 3.02. The number of carbonyl (C=O) groups is 1. The van der Waals surface area contributed by atoms with E-state index in [2.05, 4.69) is 15.9 Å². The van der Waals surface area contributed by atoms with Crippen molar-refractivity contribution in [3.8, 4) is 0 Å². The molecule has 102 valence electrons. The number of ether oxygens (including phenoxy) is 1. The largest absolute Gasteiger partial charge is 0.472 e. The zero-order valence-electron chi connectivity index (χ0n) is 10.5. The fourth-order valence-electron chi connectivity index (χ4n) is 1.64. The molecule has 1 amide bonds. The van der Waals surface area contributed by atoms with Gasteiger partial charge >= 0.3 is 0 Å². The second kappa shape index (κ2) is 6.58. The van der Waals surface area contributed by atoms with Crippen LogP contribution in [0.2, 0.25) is 0 Å². The minimum Gasteiger partial charge on any atom is -0.472 e. The van der Waals surface area contributed by atoms with E-state index in [0.717, 1.165) is 5.56 Å². The van der Waals surface area contributed by atoms with E-state index in [9.17, 15) is 4.79 Å². The number of carbonyl (C=O) groups excluding carboxylic acids is 1. The molecule has 0 saturated carbocycles. The van der Waals surface area contributed by atoms with E-state index in [1.165, 1.54) is 0 Å². The lowest BCUT2D eigenvalue weighted by atomic mass is 10.3. The average Bonchev–Trinajstić information content (AvgIpc) is 3.05. The number of nitrogens with zero attached hydrogens (tertiary/aromatic N) is 1. The molecule has 6 heteroatoms. The smallest absolute Gasteiger partial charge is 0.289 e. The van der Waals surface area contributed by atoms with E-state index < -0.39 is 0 Å². The van der Waals surface area contributed by atoms with Gasteiger partial charge in [0.25, 0.3) is 5.91 Å². The van der Waals surface area contributed by atoms with Crippen LogP contribution >= 0.6 is 15.9 Å². The van der Waals surface area contributed by atoms with Crippen LogP contribution in [0.5, 0.6) is 0 Å². The van der Waals surface area contributed by atoms with Gasteiger partial charge in [0, 0.05) is 25.8 Å². The predicted octanol–water partition coefficient (Wildman–Crippen LogP) is 2.92. The number of halogens is 1. The van der Waals surface area contributed by atoms with Gasteiger partial charge < -0.3 is 18.5 Å². The van der Waals surface area contributed by atoms with Crippen molar-refractivity contribution in [3.63, 3.8) is 0 Å². The molecule has 0 aliphatic carbocycles. The van der Waals surface area contributed by atoms with Crippen LogP contribution in [-0.2, 0) is 11.3 Å². The van der Waals surface area contributed by atoms with Crippen molar-refractivity contribution in [2.45, 2.75) is 6.54 Å². The van der Waals surface area contributed by atoms with Crippen LogP contribution in [0.15, 0.2) is 44.2 Å². The van der Waals surface area contributed by atoms with E-state index in [4.69, 9.17) is 13.6 Å². The second-order valence-electron chi connectivity index (χ2n) is 3.95. The molecule has 0 radical (unpaired) electrons. The van der Waals surface area contributed by atoms with E-state index in [1.54, 1.807) is 36.7 Å². The summed E-state index contributed by atoms with van der Waals surface area (Å²) < 4.78 is 15.9. The highest BCUT2D eigenvalue weighted by Gasteiger charge is 2.19. The first-order valence-corrected chi connectivity index (χ1v) is 6.54. The quantitative estimate of drug-likeness (QED) is 0.818. The number of amides is 1. The number of hydrogen-bond acceptors (Lipinski definition) is 4. The molecule has 0 bridgehead atoms. The summed E-state index contributed by atoms with van der Waals surface area (Å²) in [6.45, 7) is 1.40. The Labute approximate surface area is 119 Å². The van der Waals surface area contributed by atoms with Crippen LogP contribution < -0.4 is 0 Å². The topological polar surface area (TPSA) is 55.8 Å². The molecule has 0 spiro atoms. The van der Waals surface area contributed by atoms with E-state index in [-0.39, 0.29) is 5.91 Å². The average molecular weight is 328 g/mol. The van der Waals surface area contributed by atoms with Crippen LogP contribution in [0.1, 0.15) is 16.1 Å². The van der Waals surface area contributed by atoms with Gasteiger partial charge in [-0.15, -0.1) is 0 Å². The molecule has 2 aromatic heterocycles. The standard InChI is InChI=1S/C13H14BrNO4/c1-17-7-5-15(8-10-4-6-18-9-10)13(16)11-2-3-12(14)19-11/h2-4,6,9H,5,7-8H2,1H3. The maximum absolute atomic E-state index is 12.3. The molecule has 0 fully saturated rings. The first-order chi connectivity index (χ1) is 9.20. The molecule has 5 nitrogen and oxygen atoms in total. The highest BCUT2D eigenvalue weighted by Crippen LogP contribution is 2.17. The summed E-state index contributed by atoms with van der Waals surface area (Å²) in [5.41, 5.74) is 0.926. The fourth-order valence-corrected chi connectivity index (χ4v) is 1.95. The van der Waals surface area contributed by atoms with Crippen molar-refractivity contribution in [2.75, 3.05) is 20.3 Å². The molecule has 0 N–H and O–H groups in total. The van der Waals surface area contributed by atoms with Gasteiger partial charge in [-0.3, -0.25) is 4.79 Å². The third kappa shape index (κ3) is 3.71. The SMILES string of the molecule is COCCN(Cc1ccoc1)C(=O)c1ccc(Br)o1. The summed E-state index contributed by atoms with van der Waals surface area (Å²) in [7, 11) is 1.60. The van der Waals surface area contributed by atoms with Gasteiger partial charge in [0.2, 0.25) is 0 Å². The van der Waals surface area contributed by atoms with Gasteiger partial charge in [-0.2, -0.15) is 0 Å². The van der Waals surface area contributed by atoms with Crippen LogP contribution in [0.3, 0.4) is 0 Å². The maximum Gasteiger partial charge on any atom is 0.289 e. The zero-order chi connectivity index (χ0) is 13.7. The molecule has 2 rings (SSSR count). The Bertz CT molecular complexity index is 520. The number of rotatable bonds is 6. The van der Waals surface area contributed by atoms with Crippen molar-refractivity contribution in [1.29, 1.82) is 0 Å². The second-order valence-corrected chi connectivity index (χ2v) is 4.74. The van der Waals surface area contributed by atoms with E-state index in [0.29, 0.717) is 30.1 Å². The van der Waals surface area contributed by atoms with Crippen LogP contribution in [-0.4, -0.2) is 31.1 Å². The Balaban J connectivity index is 2.10. The molecule has 0 saturated heterocycles. The molecule has 0 unspecified atom stereocenters. The molecule has 0 aliphatic rings. The Kier molecular flexibility index (Phi) is 4.81. The fraction of sp³-hybridized carbons (Fsp3) is 0.308. The van der Waals surface area contributed by atoms with Crippen molar-refractivity contribution in [2.24, 2.45) is 0 Å². The molecule has 2 heterocycles. The molecular formula is C13H14BrNO4. The normalized spacial score (nSPS) is 10.6. The minimum absolute atomic E-state index is 0.177. The Morgan fingerprint density at radius 1 is 1.42 bits per heavy atom. The van der Waals surface area contributed by atoms with Crippen LogP contribution in [0.25, 0.3) is 0 Å². The lowest BCUT2D eigenvalue weighted by Gasteiger charge is -2.20.